The summed E-state index contributed by atoms with van der Waals surface area (Å²) in [6.45, 7) is 2.06. The zero-order chi connectivity index (χ0) is 18.9. The first-order chi connectivity index (χ1) is 12.5. The Bertz CT molecular complexity index is 826. The lowest BCUT2D eigenvalue weighted by molar-refractivity contribution is -0.129. The monoisotopic (exact) mass is 351 g/mol. The summed E-state index contributed by atoms with van der Waals surface area (Å²) in [5, 5.41) is 13.4. The number of carbonyl (C=O) groups excluding carboxylic acids is 3. The molecule has 0 unspecified atom stereocenters. The van der Waals surface area contributed by atoms with Crippen LogP contribution in [0.5, 0.6) is 0 Å². The Kier molecular flexibility index (Phi) is 6.46. The average Bonchev–Trinajstić information content (AvgIpc) is 2.66. The summed E-state index contributed by atoms with van der Waals surface area (Å²) in [6, 6.07) is 15.5. The van der Waals surface area contributed by atoms with Crippen LogP contribution >= 0.6 is 0 Å². The highest BCUT2D eigenvalue weighted by atomic mass is 16.5. The van der Waals surface area contributed by atoms with Gasteiger partial charge in [0.25, 0.3) is 5.91 Å². The van der Waals surface area contributed by atoms with Crippen molar-refractivity contribution in [3.05, 3.63) is 71.3 Å². The van der Waals surface area contributed by atoms with E-state index >= 15 is 0 Å². The summed E-state index contributed by atoms with van der Waals surface area (Å²) in [7, 11) is 0. The maximum absolute atomic E-state index is 12.4. The molecule has 7 heteroatoms. The number of imide groups is 1. The number of urea groups is 1. The Morgan fingerprint density at radius 3 is 2.31 bits per heavy atom. The molecule has 0 radical (unpaired) electrons. The largest absolute Gasteiger partial charge is 0.444 e. The van der Waals surface area contributed by atoms with Gasteiger partial charge in [0, 0.05) is 12.1 Å². The van der Waals surface area contributed by atoms with Crippen LogP contribution in [-0.4, -0.2) is 24.5 Å². The number of amides is 3. The molecule has 0 fully saturated rings. The second kappa shape index (κ2) is 8.99. The van der Waals surface area contributed by atoms with Gasteiger partial charge >= 0.3 is 12.0 Å². The van der Waals surface area contributed by atoms with Gasteiger partial charge in [-0.05, 0) is 31.2 Å². The van der Waals surface area contributed by atoms with E-state index in [0.29, 0.717) is 17.7 Å². The number of hydrogen-bond acceptors (Lipinski definition) is 5. The summed E-state index contributed by atoms with van der Waals surface area (Å²) in [5.41, 5.74) is 1.02. The molecular formula is C19H17N3O4. The lowest BCUT2D eigenvalue weighted by Gasteiger charge is -2.17. The van der Waals surface area contributed by atoms with Crippen molar-refractivity contribution < 1.29 is 19.1 Å². The number of carbonyl (C=O) groups is 3. The molecule has 0 aromatic heterocycles. The average molecular weight is 351 g/mol. The van der Waals surface area contributed by atoms with Gasteiger partial charge in [0.15, 0.2) is 0 Å². The zero-order valence-electron chi connectivity index (χ0n) is 14.1. The van der Waals surface area contributed by atoms with E-state index in [1.807, 2.05) is 6.07 Å². The van der Waals surface area contributed by atoms with Gasteiger partial charge in [-0.25, -0.2) is 9.59 Å². The van der Waals surface area contributed by atoms with Crippen LogP contribution < -0.4 is 10.6 Å². The third-order valence-electron chi connectivity index (χ3n) is 3.39. The molecule has 2 N–H and O–H groups in total. The minimum absolute atomic E-state index is 0.191. The summed E-state index contributed by atoms with van der Waals surface area (Å²) in [4.78, 5) is 36.4. The molecule has 26 heavy (non-hydrogen) atoms. The summed E-state index contributed by atoms with van der Waals surface area (Å²) in [6.07, 6.45) is -1.29. The highest BCUT2D eigenvalue weighted by molar-refractivity contribution is 5.99. The van der Waals surface area contributed by atoms with Gasteiger partial charge < -0.3 is 10.1 Å². The van der Waals surface area contributed by atoms with Crippen molar-refractivity contribution in [1.82, 2.24) is 10.6 Å². The van der Waals surface area contributed by atoms with Gasteiger partial charge in [-0.1, -0.05) is 30.3 Å². The van der Waals surface area contributed by atoms with E-state index in [9.17, 15) is 14.4 Å². The zero-order valence-corrected chi connectivity index (χ0v) is 14.1. The van der Waals surface area contributed by atoms with E-state index in [1.165, 1.54) is 24.3 Å². The highest BCUT2D eigenvalue weighted by Crippen LogP contribution is 2.20. The number of benzene rings is 2. The molecule has 7 nitrogen and oxygen atoms in total. The molecule has 0 aliphatic carbocycles. The fourth-order valence-electron chi connectivity index (χ4n) is 2.14. The Hall–Kier alpha value is -3.66. The molecule has 0 heterocycles. The first-order valence-electron chi connectivity index (χ1n) is 7.90. The molecule has 0 bridgehead atoms. The number of nitrogens with one attached hydrogen (secondary N) is 2. The van der Waals surface area contributed by atoms with E-state index in [1.54, 1.807) is 37.3 Å². The number of ether oxygens (including phenoxy) is 1. The number of hydrogen-bond donors (Lipinski definition) is 2. The van der Waals surface area contributed by atoms with Crippen molar-refractivity contribution in [2.75, 3.05) is 6.54 Å². The fraction of sp³-hybridized carbons (Fsp3) is 0.158. The van der Waals surface area contributed by atoms with Crippen LogP contribution in [0.15, 0.2) is 54.6 Å². The topological polar surface area (TPSA) is 108 Å². The molecule has 0 saturated carbocycles. The number of nitriles is 1. The molecular weight excluding hydrogens is 334 g/mol. The standard InChI is InChI=1S/C19H17N3O4/c1-2-21-19(25)22-17(23)16(14-6-4-3-5-7-14)26-18(24)15-10-8-13(12-20)9-11-15/h3-11,16H,2H2,1H3,(H2,21,22,23,25)/t16-/m0/s1. The first-order valence-corrected chi connectivity index (χ1v) is 7.90. The maximum atomic E-state index is 12.4. The lowest BCUT2D eigenvalue weighted by atomic mass is 10.1. The van der Waals surface area contributed by atoms with Gasteiger partial charge in [-0.3, -0.25) is 10.1 Å². The van der Waals surface area contributed by atoms with E-state index in [0.717, 1.165) is 0 Å². The molecule has 2 rings (SSSR count). The van der Waals surface area contributed by atoms with Gasteiger partial charge in [0.1, 0.15) is 0 Å². The van der Waals surface area contributed by atoms with E-state index < -0.39 is 24.0 Å². The normalized spacial score (nSPS) is 10.9. The van der Waals surface area contributed by atoms with Crippen LogP contribution in [0.3, 0.4) is 0 Å². The van der Waals surface area contributed by atoms with Gasteiger partial charge in [-0.15, -0.1) is 0 Å². The van der Waals surface area contributed by atoms with Crippen LogP contribution in [-0.2, 0) is 9.53 Å². The van der Waals surface area contributed by atoms with Crippen LogP contribution in [0.2, 0.25) is 0 Å². The third kappa shape index (κ3) is 4.92. The molecule has 2 aromatic carbocycles. The van der Waals surface area contributed by atoms with E-state index in [-0.39, 0.29) is 5.56 Å². The van der Waals surface area contributed by atoms with Crippen LogP contribution in [0.4, 0.5) is 4.79 Å². The van der Waals surface area contributed by atoms with Crippen molar-refractivity contribution in [2.45, 2.75) is 13.0 Å². The quantitative estimate of drug-likeness (QED) is 0.804. The molecule has 3 amide bonds. The predicted octanol–water partition coefficient (Wildman–Crippen LogP) is 2.30. The van der Waals surface area contributed by atoms with Crippen LogP contribution in [0.25, 0.3) is 0 Å². The van der Waals surface area contributed by atoms with Crippen molar-refractivity contribution >= 4 is 17.9 Å². The Morgan fingerprint density at radius 1 is 1.08 bits per heavy atom. The lowest BCUT2D eigenvalue weighted by Crippen LogP contribution is -2.42. The van der Waals surface area contributed by atoms with Crippen LogP contribution in [0.1, 0.15) is 34.5 Å². The molecule has 0 spiro atoms. The minimum atomic E-state index is -1.29. The second-order valence-electron chi connectivity index (χ2n) is 5.23. The second-order valence-corrected chi connectivity index (χ2v) is 5.23. The fourth-order valence-corrected chi connectivity index (χ4v) is 2.14. The van der Waals surface area contributed by atoms with Crippen molar-refractivity contribution in [1.29, 1.82) is 5.26 Å². The highest BCUT2D eigenvalue weighted by Gasteiger charge is 2.27. The Labute approximate surface area is 150 Å². The first kappa shape index (κ1) is 18.7. The summed E-state index contributed by atoms with van der Waals surface area (Å²) in [5.74, 6) is -1.50. The molecule has 1 atom stereocenters. The maximum Gasteiger partial charge on any atom is 0.339 e. The molecule has 2 aromatic rings. The Morgan fingerprint density at radius 2 is 1.73 bits per heavy atom. The predicted molar refractivity (Wildman–Crippen MR) is 93.0 cm³/mol. The third-order valence-corrected chi connectivity index (χ3v) is 3.39. The SMILES string of the molecule is CCNC(=O)NC(=O)[C@@H](OC(=O)c1ccc(C#N)cc1)c1ccccc1. The van der Waals surface area contributed by atoms with Crippen molar-refractivity contribution in [3.8, 4) is 6.07 Å². The smallest absolute Gasteiger partial charge is 0.339 e. The summed E-state index contributed by atoms with van der Waals surface area (Å²) < 4.78 is 5.32. The summed E-state index contributed by atoms with van der Waals surface area (Å²) >= 11 is 0. The van der Waals surface area contributed by atoms with E-state index in [4.69, 9.17) is 10.00 Å². The number of esters is 1. The van der Waals surface area contributed by atoms with E-state index in [2.05, 4.69) is 10.6 Å². The molecule has 0 saturated heterocycles. The van der Waals surface area contributed by atoms with Gasteiger partial charge in [-0.2, -0.15) is 5.26 Å². The Balaban J connectivity index is 2.20. The van der Waals surface area contributed by atoms with Gasteiger partial charge in [0.05, 0.1) is 17.2 Å². The number of rotatable bonds is 5. The molecule has 0 aliphatic heterocycles. The number of nitrogens with zero attached hydrogens (tertiary/aromatic N) is 1. The molecule has 132 valence electrons. The van der Waals surface area contributed by atoms with Crippen molar-refractivity contribution in [2.24, 2.45) is 0 Å². The molecule has 0 aliphatic rings. The van der Waals surface area contributed by atoms with Crippen molar-refractivity contribution in [3.63, 3.8) is 0 Å². The van der Waals surface area contributed by atoms with Crippen LogP contribution in [0, 0.1) is 11.3 Å². The van der Waals surface area contributed by atoms with Gasteiger partial charge in [0.2, 0.25) is 6.10 Å². The minimum Gasteiger partial charge on any atom is -0.444 e.